The van der Waals surface area contributed by atoms with Gasteiger partial charge in [-0.25, -0.2) is 0 Å². The van der Waals surface area contributed by atoms with Crippen LogP contribution in [0.4, 0.5) is 0 Å². The standard InChI is InChI=1S/C19H22N2O4.ClH/c1-23-9-8-21(19(22)16-5-2-14(11-20)3-6-16)12-15-4-7-17-18(10-15)25-13-24-17;/h2-7,10H,8-9,11-13,20H2,1H3;1H. The zero-order valence-electron chi connectivity index (χ0n) is 14.6. The van der Waals surface area contributed by atoms with Gasteiger partial charge in [0.1, 0.15) is 0 Å². The number of nitrogens with two attached hydrogens (primary N) is 1. The second kappa shape index (κ2) is 9.43. The van der Waals surface area contributed by atoms with Gasteiger partial charge in [-0.15, -0.1) is 12.4 Å². The fourth-order valence-corrected chi connectivity index (χ4v) is 2.68. The van der Waals surface area contributed by atoms with Gasteiger partial charge >= 0.3 is 0 Å². The molecule has 7 heteroatoms. The number of carbonyl (C=O) groups excluding carboxylic acids is 1. The number of rotatable bonds is 7. The van der Waals surface area contributed by atoms with Crippen LogP contribution < -0.4 is 15.2 Å². The molecule has 26 heavy (non-hydrogen) atoms. The van der Waals surface area contributed by atoms with E-state index >= 15 is 0 Å². The van der Waals surface area contributed by atoms with E-state index in [0.717, 1.165) is 16.9 Å². The van der Waals surface area contributed by atoms with Crippen molar-refractivity contribution in [1.82, 2.24) is 4.90 Å². The SMILES string of the molecule is COCCN(Cc1ccc2c(c1)OCO2)C(=O)c1ccc(CN)cc1.Cl. The fourth-order valence-electron chi connectivity index (χ4n) is 2.68. The number of methoxy groups -OCH3 is 1. The Balaban J connectivity index is 0.00000243. The second-order valence-corrected chi connectivity index (χ2v) is 5.81. The summed E-state index contributed by atoms with van der Waals surface area (Å²) in [6.07, 6.45) is 0. The van der Waals surface area contributed by atoms with Crippen LogP contribution in [-0.2, 0) is 17.8 Å². The minimum atomic E-state index is -0.0433. The van der Waals surface area contributed by atoms with Gasteiger partial charge in [-0.3, -0.25) is 4.79 Å². The molecule has 6 nitrogen and oxygen atoms in total. The molecule has 0 unspecified atom stereocenters. The van der Waals surface area contributed by atoms with Crippen molar-refractivity contribution in [3.8, 4) is 11.5 Å². The minimum absolute atomic E-state index is 0. The van der Waals surface area contributed by atoms with Crippen LogP contribution in [0.25, 0.3) is 0 Å². The molecule has 3 rings (SSSR count). The molecule has 0 saturated heterocycles. The van der Waals surface area contributed by atoms with Crippen molar-refractivity contribution < 1.29 is 19.0 Å². The van der Waals surface area contributed by atoms with Crippen LogP contribution in [0.5, 0.6) is 11.5 Å². The Kier molecular flexibility index (Phi) is 7.26. The van der Waals surface area contributed by atoms with Gasteiger partial charge in [0, 0.05) is 32.3 Å². The highest BCUT2D eigenvalue weighted by Gasteiger charge is 2.18. The lowest BCUT2D eigenvalue weighted by atomic mass is 10.1. The summed E-state index contributed by atoms with van der Waals surface area (Å²) in [5.41, 5.74) is 8.22. The van der Waals surface area contributed by atoms with Crippen LogP contribution in [0.1, 0.15) is 21.5 Å². The summed E-state index contributed by atoms with van der Waals surface area (Å²) in [5, 5.41) is 0. The maximum atomic E-state index is 12.9. The number of ether oxygens (including phenoxy) is 3. The van der Waals surface area contributed by atoms with E-state index in [4.69, 9.17) is 19.9 Å². The van der Waals surface area contributed by atoms with Crippen molar-refractivity contribution in [2.45, 2.75) is 13.1 Å². The van der Waals surface area contributed by atoms with Crippen molar-refractivity contribution in [3.05, 3.63) is 59.2 Å². The molecule has 2 N–H and O–H groups in total. The molecule has 140 valence electrons. The number of fused-ring (bicyclic) bond motifs is 1. The van der Waals surface area contributed by atoms with E-state index in [1.54, 1.807) is 12.0 Å². The topological polar surface area (TPSA) is 74.0 Å². The third-order valence-corrected chi connectivity index (χ3v) is 4.10. The van der Waals surface area contributed by atoms with Crippen LogP contribution in [0.15, 0.2) is 42.5 Å². The van der Waals surface area contributed by atoms with Crippen LogP contribution in [-0.4, -0.2) is 37.9 Å². The van der Waals surface area contributed by atoms with E-state index in [0.29, 0.717) is 37.6 Å². The van der Waals surface area contributed by atoms with Gasteiger partial charge in [-0.05, 0) is 35.4 Å². The number of halogens is 1. The Labute approximate surface area is 159 Å². The quantitative estimate of drug-likeness (QED) is 0.801. The third-order valence-electron chi connectivity index (χ3n) is 4.10. The van der Waals surface area contributed by atoms with Gasteiger partial charge in [0.05, 0.1) is 6.61 Å². The zero-order chi connectivity index (χ0) is 17.6. The molecule has 0 saturated carbocycles. The van der Waals surface area contributed by atoms with E-state index in [1.807, 2.05) is 42.5 Å². The number of hydrogen-bond acceptors (Lipinski definition) is 5. The second-order valence-electron chi connectivity index (χ2n) is 5.81. The summed E-state index contributed by atoms with van der Waals surface area (Å²) < 4.78 is 15.9. The molecule has 0 aromatic heterocycles. The molecule has 0 radical (unpaired) electrons. The Morgan fingerprint density at radius 2 is 1.81 bits per heavy atom. The first-order chi connectivity index (χ1) is 12.2. The minimum Gasteiger partial charge on any atom is -0.454 e. The molecule has 2 aromatic carbocycles. The summed E-state index contributed by atoms with van der Waals surface area (Å²) in [6, 6.07) is 13.1. The largest absolute Gasteiger partial charge is 0.454 e. The first kappa shape index (κ1) is 20.0. The van der Waals surface area contributed by atoms with E-state index in [1.165, 1.54) is 0 Å². The number of carbonyl (C=O) groups is 1. The summed E-state index contributed by atoms with van der Waals surface area (Å²) >= 11 is 0. The molecule has 0 fully saturated rings. The Hall–Kier alpha value is -2.28. The first-order valence-corrected chi connectivity index (χ1v) is 8.17. The normalized spacial score (nSPS) is 11.8. The van der Waals surface area contributed by atoms with Crippen LogP contribution in [0, 0.1) is 0 Å². The summed E-state index contributed by atoms with van der Waals surface area (Å²) in [5.74, 6) is 1.40. The van der Waals surface area contributed by atoms with Gasteiger partial charge in [-0.2, -0.15) is 0 Å². The van der Waals surface area contributed by atoms with Gasteiger partial charge in [0.2, 0.25) is 6.79 Å². The predicted octanol–water partition coefficient (Wildman–Crippen LogP) is 2.58. The lowest BCUT2D eigenvalue weighted by Crippen LogP contribution is -2.33. The number of amides is 1. The van der Waals surface area contributed by atoms with E-state index in [2.05, 4.69) is 0 Å². The molecule has 0 spiro atoms. The lowest BCUT2D eigenvalue weighted by Gasteiger charge is -2.23. The van der Waals surface area contributed by atoms with Crippen LogP contribution in [0.2, 0.25) is 0 Å². The molecule has 1 aliphatic rings. The number of benzene rings is 2. The van der Waals surface area contributed by atoms with Crippen molar-refractivity contribution >= 4 is 18.3 Å². The molecule has 1 aliphatic heterocycles. The number of nitrogens with zero attached hydrogens (tertiary/aromatic N) is 1. The summed E-state index contributed by atoms with van der Waals surface area (Å²) in [7, 11) is 1.62. The van der Waals surface area contributed by atoms with E-state index in [-0.39, 0.29) is 25.1 Å². The van der Waals surface area contributed by atoms with Crippen LogP contribution in [0.3, 0.4) is 0 Å². The highest BCUT2D eigenvalue weighted by Crippen LogP contribution is 2.32. The highest BCUT2D eigenvalue weighted by atomic mass is 35.5. The molecule has 2 aromatic rings. The molecular formula is C19H23ClN2O4. The average Bonchev–Trinajstić information content (AvgIpc) is 3.12. The third kappa shape index (κ3) is 4.66. The van der Waals surface area contributed by atoms with Crippen LogP contribution >= 0.6 is 12.4 Å². The van der Waals surface area contributed by atoms with Gasteiger partial charge in [0.15, 0.2) is 11.5 Å². The summed E-state index contributed by atoms with van der Waals surface area (Å²) in [6.45, 7) is 2.13. The fraction of sp³-hybridized carbons (Fsp3) is 0.316. The van der Waals surface area contributed by atoms with Gasteiger partial charge < -0.3 is 24.8 Å². The lowest BCUT2D eigenvalue weighted by molar-refractivity contribution is 0.0680. The monoisotopic (exact) mass is 378 g/mol. The predicted molar refractivity (Wildman–Crippen MR) is 101 cm³/mol. The molecular weight excluding hydrogens is 356 g/mol. The molecule has 1 heterocycles. The van der Waals surface area contributed by atoms with Gasteiger partial charge in [0.25, 0.3) is 5.91 Å². The molecule has 0 aliphatic carbocycles. The van der Waals surface area contributed by atoms with Gasteiger partial charge in [-0.1, -0.05) is 18.2 Å². The number of hydrogen-bond donors (Lipinski definition) is 1. The first-order valence-electron chi connectivity index (χ1n) is 8.17. The molecule has 0 bridgehead atoms. The zero-order valence-corrected chi connectivity index (χ0v) is 15.5. The van der Waals surface area contributed by atoms with E-state index < -0.39 is 0 Å². The van der Waals surface area contributed by atoms with Crippen molar-refractivity contribution in [3.63, 3.8) is 0 Å². The summed E-state index contributed by atoms with van der Waals surface area (Å²) in [4.78, 5) is 14.6. The van der Waals surface area contributed by atoms with E-state index in [9.17, 15) is 4.79 Å². The molecule has 1 amide bonds. The van der Waals surface area contributed by atoms with Crippen molar-refractivity contribution in [2.75, 3.05) is 27.1 Å². The Morgan fingerprint density at radius 1 is 1.12 bits per heavy atom. The maximum absolute atomic E-state index is 12.9. The molecule has 0 atom stereocenters. The Morgan fingerprint density at radius 3 is 2.50 bits per heavy atom. The Bertz CT molecular complexity index is 737. The van der Waals surface area contributed by atoms with Crippen molar-refractivity contribution in [2.24, 2.45) is 5.73 Å². The average molecular weight is 379 g/mol. The maximum Gasteiger partial charge on any atom is 0.254 e. The van der Waals surface area contributed by atoms with Crippen molar-refractivity contribution in [1.29, 1.82) is 0 Å². The smallest absolute Gasteiger partial charge is 0.254 e. The highest BCUT2D eigenvalue weighted by molar-refractivity contribution is 5.94.